The van der Waals surface area contributed by atoms with Crippen LogP contribution in [0.4, 0.5) is 9.59 Å². The Morgan fingerprint density at radius 2 is 1.50 bits per heavy atom. The molecule has 1 rings (SSSR count). The molecule has 3 amide bonds. The number of nitrogens with one attached hydrogen (secondary N) is 3. The molecule has 190 valence electrons. The summed E-state index contributed by atoms with van der Waals surface area (Å²) in [4.78, 5) is 49.8. The lowest BCUT2D eigenvalue weighted by Gasteiger charge is -2.37. The lowest BCUT2D eigenvalue weighted by Crippen LogP contribution is -2.65. The minimum Gasteiger partial charge on any atom is -0.481 e. The quantitative estimate of drug-likeness (QED) is 0.426. The highest BCUT2D eigenvalue weighted by Crippen LogP contribution is 2.24. The molecular formula is C24H37N3O7. The van der Waals surface area contributed by atoms with Gasteiger partial charge in [-0.2, -0.15) is 0 Å². The average Bonchev–Trinajstić information content (AvgIpc) is 2.67. The predicted molar refractivity (Wildman–Crippen MR) is 126 cm³/mol. The number of carbonyl (C=O) groups is 4. The van der Waals surface area contributed by atoms with Crippen molar-refractivity contribution in [1.82, 2.24) is 16.0 Å². The molecule has 10 heteroatoms. The molecule has 0 aliphatic carbocycles. The zero-order valence-corrected chi connectivity index (χ0v) is 21.0. The molecule has 1 aromatic carbocycles. The van der Waals surface area contributed by atoms with Crippen molar-refractivity contribution in [2.24, 2.45) is 5.92 Å². The maximum atomic E-state index is 13.2. The van der Waals surface area contributed by atoms with Gasteiger partial charge in [-0.15, -0.1) is 0 Å². The Labute approximate surface area is 200 Å². The molecule has 0 saturated heterocycles. The van der Waals surface area contributed by atoms with Crippen LogP contribution in [0.15, 0.2) is 30.3 Å². The maximum absolute atomic E-state index is 13.2. The zero-order valence-electron chi connectivity index (χ0n) is 21.0. The number of aliphatic carboxylic acids is 1. The largest absolute Gasteiger partial charge is 0.481 e. The van der Waals surface area contributed by atoms with Crippen molar-refractivity contribution < 1.29 is 33.8 Å². The van der Waals surface area contributed by atoms with Gasteiger partial charge in [-0.1, -0.05) is 30.3 Å². The molecule has 0 spiro atoms. The van der Waals surface area contributed by atoms with Crippen molar-refractivity contribution in [3.05, 3.63) is 35.9 Å². The number of ether oxygens (including phenoxy) is 2. The Balaban J connectivity index is 3.02. The van der Waals surface area contributed by atoms with Crippen LogP contribution < -0.4 is 16.0 Å². The summed E-state index contributed by atoms with van der Waals surface area (Å²) in [6, 6.07) is 8.92. The Kier molecular flexibility index (Phi) is 9.90. The van der Waals surface area contributed by atoms with Crippen LogP contribution in [-0.4, -0.2) is 52.4 Å². The fourth-order valence-electron chi connectivity index (χ4n) is 3.04. The van der Waals surface area contributed by atoms with E-state index in [0.717, 1.165) is 5.56 Å². The van der Waals surface area contributed by atoms with Crippen molar-refractivity contribution in [2.75, 3.05) is 6.54 Å². The lowest BCUT2D eigenvalue weighted by molar-refractivity contribution is -0.149. The number of rotatable bonds is 9. The van der Waals surface area contributed by atoms with Gasteiger partial charge in [0.05, 0.1) is 5.92 Å². The van der Waals surface area contributed by atoms with E-state index in [2.05, 4.69) is 16.0 Å². The summed E-state index contributed by atoms with van der Waals surface area (Å²) in [6.07, 6.45) is -1.81. The second-order valence-corrected chi connectivity index (χ2v) is 10.2. The Morgan fingerprint density at radius 3 is 2.00 bits per heavy atom. The minimum absolute atomic E-state index is 0.0540. The predicted octanol–water partition coefficient (Wildman–Crippen LogP) is 3.20. The number of benzene rings is 1. The molecule has 0 aromatic heterocycles. The van der Waals surface area contributed by atoms with Gasteiger partial charge in [-0.3, -0.25) is 9.59 Å². The van der Waals surface area contributed by atoms with Crippen LogP contribution >= 0.6 is 0 Å². The Bertz CT molecular complexity index is 860. The maximum Gasteiger partial charge on any atom is 0.408 e. The number of carboxylic acid groups (broad SMARTS) is 1. The van der Waals surface area contributed by atoms with Crippen LogP contribution in [0.1, 0.15) is 60.5 Å². The molecule has 10 nitrogen and oxygen atoms in total. The fraction of sp³-hybridized carbons (Fsp3) is 0.583. The standard InChI is InChI=1S/C24H37N3O7/c1-22(2,3)26-19(30)24(7,27-21(32)33-15-16-11-9-8-10-12-16)17(18(28)29)13-14-25-20(31)34-23(4,5)6/h8-12,17H,13-15H2,1-7H3,(H,25,31)(H,26,30)(H,27,32)(H,28,29)/t17?,24-/m0/s1. The van der Waals surface area contributed by atoms with E-state index < -0.39 is 46.7 Å². The molecular weight excluding hydrogens is 442 g/mol. The van der Waals surface area contributed by atoms with E-state index in [1.807, 2.05) is 6.07 Å². The summed E-state index contributed by atoms with van der Waals surface area (Å²) in [5.41, 5.74) is -2.55. The molecule has 2 atom stereocenters. The van der Waals surface area contributed by atoms with E-state index in [1.54, 1.807) is 65.8 Å². The van der Waals surface area contributed by atoms with E-state index in [9.17, 15) is 24.3 Å². The monoisotopic (exact) mass is 479 g/mol. The molecule has 4 N–H and O–H groups in total. The minimum atomic E-state index is -1.87. The first kappa shape index (κ1) is 28.7. The smallest absolute Gasteiger partial charge is 0.408 e. The molecule has 0 aliphatic rings. The molecule has 34 heavy (non-hydrogen) atoms. The summed E-state index contributed by atoms with van der Waals surface area (Å²) < 4.78 is 10.4. The fourth-order valence-corrected chi connectivity index (χ4v) is 3.04. The highest BCUT2D eigenvalue weighted by molar-refractivity contribution is 5.94. The van der Waals surface area contributed by atoms with Crippen LogP contribution in [0.25, 0.3) is 0 Å². The molecule has 1 aromatic rings. The summed E-state index contributed by atoms with van der Waals surface area (Å²) in [5, 5.41) is 17.6. The third-order valence-corrected chi connectivity index (χ3v) is 4.63. The van der Waals surface area contributed by atoms with Crippen LogP contribution in [0.5, 0.6) is 0 Å². The topological polar surface area (TPSA) is 143 Å². The molecule has 0 bridgehead atoms. The van der Waals surface area contributed by atoms with Crippen molar-refractivity contribution in [1.29, 1.82) is 0 Å². The highest BCUT2D eigenvalue weighted by Gasteiger charge is 2.47. The normalized spacial score (nSPS) is 14.2. The van der Waals surface area contributed by atoms with Gasteiger partial charge in [0.25, 0.3) is 0 Å². The van der Waals surface area contributed by atoms with Gasteiger partial charge < -0.3 is 30.5 Å². The van der Waals surface area contributed by atoms with Crippen LogP contribution in [0.3, 0.4) is 0 Å². The number of amides is 3. The number of hydrogen-bond donors (Lipinski definition) is 4. The van der Waals surface area contributed by atoms with Crippen molar-refractivity contribution in [2.45, 2.75) is 78.2 Å². The highest BCUT2D eigenvalue weighted by atomic mass is 16.6. The molecule has 1 unspecified atom stereocenters. The van der Waals surface area contributed by atoms with Crippen LogP contribution in [0.2, 0.25) is 0 Å². The van der Waals surface area contributed by atoms with E-state index >= 15 is 0 Å². The van der Waals surface area contributed by atoms with Gasteiger partial charge >= 0.3 is 18.2 Å². The van der Waals surface area contributed by atoms with E-state index in [-0.39, 0.29) is 19.6 Å². The molecule has 0 aliphatic heterocycles. The van der Waals surface area contributed by atoms with Gasteiger partial charge in [-0.05, 0) is 60.5 Å². The van der Waals surface area contributed by atoms with Crippen molar-refractivity contribution >= 4 is 24.1 Å². The second-order valence-electron chi connectivity index (χ2n) is 10.2. The van der Waals surface area contributed by atoms with Crippen LogP contribution in [-0.2, 0) is 25.7 Å². The third kappa shape index (κ3) is 10.1. The van der Waals surface area contributed by atoms with Gasteiger partial charge in [0, 0.05) is 12.1 Å². The number of alkyl carbamates (subject to hydrolysis) is 2. The Hall–Kier alpha value is -3.30. The van der Waals surface area contributed by atoms with Crippen molar-refractivity contribution in [3.8, 4) is 0 Å². The molecule has 0 saturated carbocycles. The SMILES string of the molecule is CC(C)(C)NC(=O)[C@@](C)(NC(=O)OCc1ccccc1)C(CCNC(=O)OC(C)(C)C)C(=O)O. The lowest BCUT2D eigenvalue weighted by atomic mass is 9.81. The average molecular weight is 480 g/mol. The Morgan fingerprint density at radius 1 is 0.912 bits per heavy atom. The molecule has 0 fully saturated rings. The first-order valence-electron chi connectivity index (χ1n) is 11.0. The number of carbonyl (C=O) groups excluding carboxylic acids is 3. The van der Waals surface area contributed by atoms with Gasteiger partial charge in [0.1, 0.15) is 17.7 Å². The van der Waals surface area contributed by atoms with Gasteiger partial charge in [0.15, 0.2) is 0 Å². The summed E-state index contributed by atoms with van der Waals surface area (Å²) >= 11 is 0. The van der Waals surface area contributed by atoms with E-state index in [1.165, 1.54) is 6.92 Å². The first-order valence-corrected chi connectivity index (χ1v) is 11.0. The van der Waals surface area contributed by atoms with Gasteiger partial charge in [-0.25, -0.2) is 9.59 Å². The summed E-state index contributed by atoms with van der Waals surface area (Å²) in [6.45, 7) is 11.5. The first-order chi connectivity index (χ1) is 15.5. The molecule has 0 heterocycles. The van der Waals surface area contributed by atoms with E-state index in [0.29, 0.717) is 0 Å². The zero-order chi connectivity index (χ0) is 26.2. The third-order valence-electron chi connectivity index (χ3n) is 4.63. The second kappa shape index (κ2) is 11.7. The molecule has 0 radical (unpaired) electrons. The number of carboxylic acids is 1. The summed E-state index contributed by atoms with van der Waals surface area (Å²) in [5.74, 6) is -3.39. The summed E-state index contributed by atoms with van der Waals surface area (Å²) in [7, 11) is 0. The number of hydrogen-bond acceptors (Lipinski definition) is 6. The van der Waals surface area contributed by atoms with Crippen LogP contribution in [0, 0.1) is 5.92 Å². The van der Waals surface area contributed by atoms with Gasteiger partial charge in [0.2, 0.25) is 5.91 Å². The van der Waals surface area contributed by atoms with E-state index in [4.69, 9.17) is 9.47 Å². The van der Waals surface area contributed by atoms with Crippen molar-refractivity contribution in [3.63, 3.8) is 0 Å².